The fraction of sp³-hybridized carbons (Fsp3) is 0.438. The molecule has 2 heterocycles. The van der Waals surface area contributed by atoms with Crippen LogP contribution in [-0.4, -0.2) is 84.2 Å². The number of aromatic amines is 2. The minimum atomic E-state index is -1.44. The summed E-state index contributed by atoms with van der Waals surface area (Å²) >= 11 is 0. The first-order valence-electron chi connectivity index (χ1n) is 13.9. The molecule has 9 nitrogen and oxygen atoms in total. The van der Waals surface area contributed by atoms with E-state index in [1.807, 2.05) is 64.8 Å². The van der Waals surface area contributed by atoms with Gasteiger partial charge < -0.3 is 34.0 Å². The Balaban J connectivity index is 1.50. The SMILES string of the molecule is CN(C)CCc1c[nH]c2cccc(OC(=O)C(C)(C)OC(C)(C)C(=O)Oc3cccc4[nH]cc(CCN(C)C)c34)c12. The number of fused-ring (bicyclic) bond motifs is 2. The van der Waals surface area contributed by atoms with Crippen LogP contribution in [-0.2, 0) is 27.2 Å². The third-order valence-corrected chi connectivity index (χ3v) is 7.05. The van der Waals surface area contributed by atoms with Crippen molar-refractivity contribution in [1.82, 2.24) is 19.8 Å². The molecule has 220 valence electrons. The van der Waals surface area contributed by atoms with Crippen LogP contribution in [0.4, 0.5) is 0 Å². The Bertz CT molecular complexity index is 1420. The monoisotopic (exact) mass is 562 g/mol. The molecule has 2 aromatic carbocycles. The molecule has 4 rings (SSSR count). The van der Waals surface area contributed by atoms with Gasteiger partial charge in [0.05, 0.1) is 0 Å². The highest BCUT2D eigenvalue weighted by Crippen LogP contribution is 2.33. The molecule has 2 N–H and O–H groups in total. The van der Waals surface area contributed by atoms with E-state index in [0.29, 0.717) is 11.5 Å². The van der Waals surface area contributed by atoms with Gasteiger partial charge in [-0.1, -0.05) is 12.1 Å². The van der Waals surface area contributed by atoms with E-state index in [1.54, 1.807) is 39.8 Å². The van der Waals surface area contributed by atoms with E-state index in [4.69, 9.17) is 14.2 Å². The van der Waals surface area contributed by atoms with Crippen LogP contribution >= 0.6 is 0 Å². The van der Waals surface area contributed by atoms with E-state index in [1.165, 1.54) is 0 Å². The van der Waals surface area contributed by atoms with Crippen LogP contribution in [0.1, 0.15) is 38.8 Å². The lowest BCUT2D eigenvalue weighted by atomic mass is 10.0. The van der Waals surface area contributed by atoms with Gasteiger partial charge in [-0.2, -0.15) is 0 Å². The number of benzene rings is 2. The summed E-state index contributed by atoms with van der Waals surface area (Å²) in [5.41, 5.74) is 1.00. The zero-order valence-electron chi connectivity index (χ0n) is 25.4. The van der Waals surface area contributed by atoms with Gasteiger partial charge >= 0.3 is 11.9 Å². The Morgan fingerprint density at radius 2 is 1.07 bits per heavy atom. The Morgan fingerprint density at radius 3 is 1.44 bits per heavy atom. The largest absolute Gasteiger partial charge is 0.424 e. The second kappa shape index (κ2) is 12.1. The van der Waals surface area contributed by atoms with Crippen LogP contribution in [0.5, 0.6) is 11.5 Å². The molecule has 2 aromatic heterocycles. The van der Waals surface area contributed by atoms with Crippen molar-refractivity contribution in [3.63, 3.8) is 0 Å². The van der Waals surface area contributed by atoms with Crippen molar-refractivity contribution in [3.8, 4) is 11.5 Å². The number of likely N-dealkylation sites (N-methyl/N-ethyl adjacent to an activating group) is 2. The lowest BCUT2D eigenvalue weighted by Gasteiger charge is -2.32. The first-order chi connectivity index (χ1) is 19.3. The summed E-state index contributed by atoms with van der Waals surface area (Å²) in [5.74, 6) is -0.318. The highest BCUT2D eigenvalue weighted by Gasteiger charge is 2.42. The lowest BCUT2D eigenvalue weighted by Crippen LogP contribution is -2.50. The number of carbonyl (C=O) groups is 2. The van der Waals surface area contributed by atoms with Gasteiger partial charge in [-0.05, 0) is 104 Å². The van der Waals surface area contributed by atoms with Crippen molar-refractivity contribution in [3.05, 3.63) is 59.9 Å². The minimum Gasteiger partial charge on any atom is -0.424 e. The zero-order chi connectivity index (χ0) is 29.9. The van der Waals surface area contributed by atoms with Crippen LogP contribution < -0.4 is 9.47 Å². The highest BCUT2D eigenvalue weighted by atomic mass is 16.6. The molecule has 0 bridgehead atoms. The van der Waals surface area contributed by atoms with E-state index in [2.05, 4.69) is 19.8 Å². The molecule has 0 saturated heterocycles. The minimum absolute atomic E-state index is 0.448. The number of ether oxygens (including phenoxy) is 3. The average Bonchev–Trinajstić information content (AvgIpc) is 3.50. The summed E-state index contributed by atoms with van der Waals surface area (Å²) < 4.78 is 17.9. The molecular formula is C32H42N4O5. The molecule has 0 aliphatic rings. The zero-order valence-corrected chi connectivity index (χ0v) is 25.4. The fourth-order valence-electron chi connectivity index (χ4n) is 4.86. The molecule has 0 amide bonds. The van der Waals surface area contributed by atoms with E-state index in [9.17, 15) is 9.59 Å². The summed E-state index contributed by atoms with van der Waals surface area (Å²) in [6.45, 7) is 8.10. The quantitative estimate of drug-likeness (QED) is 0.186. The summed E-state index contributed by atoms with van der Waals surface area (Å²) in [4.78, 5) is 37.6. The van der Waals surface area contributed by atoms with Gasteiger partial charge in [0, 0.05) is 47.3 Å². The molecule has 0 saturated carbocycles. The lowest BCUT2D eigenvalue weighted by molar-refractivity contribution is -0.189. The summed E-state index contributed by atoms with van der Waals surface area (Å²) in [6, 6.07) is 11.1. The number of carbonyl (C=O) groups excluding carboxylic acids is 2. The maximum Gasteiger partial charge on any atom is 0.343 e. The molecule has 4 aromatic rings. The van der Waals surface area contributed by atoms with Crippen molar-refractivity contribution in [1.29, 1.82) is 0 Å². The number of nitrogens with one attached hydrogen (secondary N) is 2. The van der Waals surface area contributed by atoms with E-state index in [0.717, 1.165) is 58.9 Å². The normalized spacial score (nSPS) is 12.5. The van der Waals surface area contributed by atoms with E-state index < -0.39 is 23.1 Å². The van der Waals surface area contributed by atoms with E-state index >= 15 is 0 Å². The summed E-state index contributed by atoms with van der Waals surface area (Å²) in [6.07, 6.45) is 5.49. The Labute approximate surface area is 241 Å². The molecule has 0 spiro atoms. The summed E-state index contributed by atoms with van der Waals surface area (Å²) in [5, 5.41) is 1.73. The van der Waals surface area contributed by atoms with Crippen molar-refractivity contribution >= 4 is 33.7 Å². The number of esters is 2. The van der Waals surface area contributed by atoms with Gasteiger partial charge in [0.2, 0.25) is 0 Å². The second-order valence-corrected chi connectivity index (χ2v) is 12.0. The maximum absolute atomic E-state index is 13.4. The maximum atomic E-state index is 13.4. The van der Waals surface area contributed by atoms with Crippen LogP contribution in [0, 0.1) is 0 Å². The van der Waals surface area contributed by atoms with Crippen LogP contribution in [0.25, 0.3) is 21.8 Å². The fourth-order valence-corrected chi connectivity index (χ4v) is 4.86. The third kappa shape index (κ3) is 6.98. The van der Waals surface area contributed by atoms with Gasteiger partial charge in [0.1, 0.15) is 11.5 Å². The van der Waals surface area contributed by atoms with Gasteiger partial charge in [-0.25, -0.2) is 9.59 Å². The van der Waals surface area contributed by atoms with Gasteiger partial charge in [0.15, 0.2) is 11.2 Å². The predicted octanol–water partition coefficient (Wildman–Crippen LogP) is 4.94. The first kappa shape index (κ1) is 30.3. The molecule has 9 heteroatoms. The number of hydrogen-bond acceptors (Lipinski definition) is 7. The number of hydrogen-bond donors (Lipinski definition) is 2. The van der Waals surface area contributed by atoms with Crippen LogP contribution in [0.15, 0.2) is 48.8 Å². The Kier molecular flexibility index (Phi) is 8.91. The molecule has 0 aliphatic heterocycles. The van der Waals surface area contributed by atoms with Crippen molar-refractivity contribution in [2.24, 2.45) is 0 Å². The molecule has 41 heavy (non-hydrogen) atoms. The Morgan fingerprint density at radius 1 is 0.683 bits per heavy atom. The predicted molar refractivity (Wildman–Crippen MR) is 162 cm³/mol. The third-order valence-electron chi connectivity index (χ3n) is 7.05. The topological polar surface area (TPSA) is 99.9 Å². The van der Waals surface area contributed by atoms with Crippen molar-refractivity contribution in [2.45, 2.75) is 51.7 Å². The van der Waals surface area contributed by atoms with Gasteiger partial charge in [0.25, 0.3) is 0 Å². The number of aromatic nitrogens is 2. The summed E-state index contributed by atoms with van der Waals surface area (Å²) in [7, 11) is 8.08. The molecule has 0 unspecified atom stereocenters. The molecule has 0 fully saturated rings. The highest BCUT2D eigenvalue weighted by molar-refractivity contribution is 5.94. The molecular weight excluding hydrogens is 520 g/mol. The Hall–Kier alpha value is -3.66. The molecule has 0 radical (unpaired) electrons. The van der Waals surface area contributed by atoms with Gasteiger partial charge in [-0.15, -0.1) is 0 Å². The van der Waals surface area contributed by atoms with Crippen LogP contribution in [0.3, 0.4) is 0 Å². The number of H-pyrrole nitrogens is 2. The smallest absolute Gasteiger partial charge is 0.343 e. The first-order valence-corrected chi connectivity index (χ1v) is 13.9. The number of nitrogens with zero attached hydrogens (tertiary/aromatic N) is 2. The van der Waals surface area contributed by atoms with E-state index in [-0.39, 0.29) is 0 Å². The standard InChI is InChI=1S/C32H42N4O5/c1-31(2,29(37)39-25-13-9-11-23-27(25)21(19-33-23)15-17-35(5)6)41-32(3,4)30(38)40-26-14-10-12-24-28(26)22(20-34-24)16-18-36(7)8/h9-14,19-20,33-34H,15-18H2,1-8H3. The van der Waals surface area contributed by atoms with Gasteiger partial charge in [-0.3, -0.25) is 0 Å². The molecule has 0 atom stereocenters. The van der Waals surface area contributed by atoms with Crippen molar-refractivity contribution < 1.29 is 23.8 Å². The molecule has 0 aliphatic carbocycles. The number of rotatable bonds is 12. The van der Waals surface area contributed by atoms with Crippen LogP contribution in [0.2, 0.25) is 0 Å². The average molecular weight is 563 g/mol. The van der Waals surface area contributed by atoms with Crippen molar-refractivity contribution in [2.75, 3.05) is 41.3 Å². The second-order valence-electron chi connectivity index (χ2n) is 12.0.